The average Bonchev–Trinajstić information content (AvgIpc) is 2.62. The molecular formula is C10H10BN3O. The molecule has 0 N–H and O–H groups in total. The predicted molar refractivity (Wildman–Crippen MR) is 59.1 cm³/mol. The van der Waals surface area contributed by atoms with Gasteiger partial charge in [-0.3, -0.25) is 0 Å². The topological polar surface area (TPSA) is 39.9 Å². The maximum Gasteiger partial charge on any atom is 0.167 e. The van der Waals surface area contributed by atoms with Crippen molar-refractivity contribution in [2.45, 2.75) is 6.54 Å². The number of benzene rings is 1. The summed E-state index contributed by atoms with van der Waals surface area (Å²) in [7, 11) is 2.06. The average molecular weight is 199 g/mol. The van der Waals surface area contributed by atoms with Crippen LogP contribution in [0, 0.1) is 0 Å². The fourth-order valence-electron chi connectivity index (χ4n) is 1.83. The first-order chi connectivity index (χ1) is 7.34. The predicted octanol–water partition coefficient (Wildman–Crippen LogP) is -0.404. The third-order valence-electron chi connectivity index (χ3n) is 2.58. The molecular weight excluding hydrogens is 189 g/mol. The molecule has 0 amide bonds. The summed E-state index contributed by atoms with van der Waals surface area (Å²) in [6, 6.07) is 6.13. The molecule has 0 radical (unpaired) electrons. The molecule has 1 aromatic heterocycles. The third kappa shape index (κ3) is 1.31. The molecule has 0 atom stereocenters. The molecule has 0 saturated carbocycles. The van der Waals surface area contributed by atoms with Crippen LogP contribution < -0.4 is 10.2 Å². The first-order valence-electron chi connectivity index (χ1n) is 4.96. The summed E-state index contributed by atoms with van der Waals surface area (Å²) in [4.78, 5) is 0. The standard InChI is InChI=1S/C10H10BN3O/c11-7-1-2-9-8(5-7)10-13-12-6-14(10)3-4-15-9/h1-2,5-6H,3-4,11H2. The quantitative estimate of drug-likeness (QED) is 0.542. The van der Waals surface area contributed by atoms with Crippen molar-refractivity contribution in [3.8, 4) is 17.1 Å². The monoisotopic (exact) mass is 199 g/mol. The smallest absolute Gasteiger partial charge is 0.167 e. The lowest BCUT2D eigenvalue weighted by atomic mass is 9.94. The molecule has 0 saturated heterocycles. The highest BCUT2D eigenvalue weighted by atomic mass is 16.5. The van der Waals surface area contributed by atoms with Gasteiger partial charge in [0.05, 0.1) is 12.1 Å². The first-order valence-corrected chi connectivity index (χ1v) is 4.96. The van der Waals surface area contributed by atoms with Crippen molar-refractivity contribution < 1.29 is 4.74 Å². The van der Waals surface area contributed by atoms with Crippen molar-refractivity contribution in [2.24, 2.45) is 0 Å². The molecule has 1 aliphatic rings. The molecule has 5 heteroatoms. The van der Waals surface area contributed by atoms with E-state index in [9.17, 15) is 0 Å². The van der Waals surface area contributed by atoms with E-state index in [0.717, 1.165) is 23.7 Å². The Balaban J connectivity index is 2.27. The van der Waals surface area contributed by atoms with Gasteiger partial charge in [-0.15, -0.1) is 10.2 Å². The van der Waals surface area contributed by atoms with Crippen LogP contribution in [0.1, 0.15) is 0 Å². The van der Waals surface area contributed by atoms with Gasteiger partial charge in [0.25, 0.3) is 0 Å². The zero-order valence-corrected chi connectivity index (χ0v) is 8.47. The van der Waals surface area contributed by atoms with E-state index in [0.29, 0.717) is 6.61 Å². The second kappa shape index (κ2) is 3.12. The highest BCUT2D eigenvalue weighted by Crippen LogP contribution is 2.29. The number of fused-ring (bicyclic) bond motifs is 3. The Morgan fingerprint density at radius 3 is 3.27 bits per heavy atom. The first kappa shape index (κ1) is 8.53. The van der Waals surface area contributed by atoms with Gasteiger partial charge < -0.3 is 9.30 Å². The molecule has 0 unspecified atom stereocenters. The summed E-state index contributed by atoms with van der Waals surface area (Å²) in [5.74, 6) is 1.79. The van der Waals surface area contributed by atoms with Crippen molar-refractivity contribution in [1.82, 2.24) is 14.8 Å². The molecule has 4 nitrogen and oxygen atoms in total. The minimum absolute atomic E-state index is 0.668. The number of rotatable bonds is 0. The molecule has 15 heavy (non-hydrogen) atoms. The van der Waals surface area contributed by atoms with E-state index in [2.05, 4.69) is 24.1 Å². The van der Waals surface area contributed by atoms with E-state index in [1.165, 1.54) is 5.46 Å². The number of aromatic nitrogens is 3. The zero-order chi connectivity index (χ0) is 10.3. The van der Waals surface area contributed by atoms with E-state index < -0.39 is 0 Å². The van der Waals surface area contributed by atoms with Gasteiger partial charge in [0.2, 0.25) is 0 Å². The Morgan fingerprint density at radius 2 is 2.33 bits per heavy atom. The van der Waals surface area contributed by atoms with E-state index in [4.69, 9.17) is 4.74 Å². The molecule has 2 aromatic rings. The van der Waals surface area contributed by atoms with Gasteiger partial charge >= 0.3 is 0 Å². The molecule has 0 aliphatic carbocycles. The van der Waals surface area contributed by atoms with Crippen molar-refractivity contribution in [3.63, 3.8) is 0 Å². The molecule has 0 spiro atoms. The normalized spacial score (nSPS) is 13.6. The van der Waals surface area contributed by atoms with Gasteiger partial charge in [-0.25, -0.2) is 0 Å². The lowest BCUT2D eigenvalue weighted by Gasteiger charge is -2.06. The molecule has 3 rings (SSSR count). The maximum atomic E-state index is 5.66. The molecule has 0 bridgehead atoms. The van der Waals surface area contributed by atoms with Crippen molar-refractivity contribution in [3.05, 3.63) is 24.5 Å². The number of ether oxygens (including phenoxy) is 1. The largest absolute Gasteiger partial charge is 0.491 e. The summed E-state index contributed by atoms with van der Waals surface area (Å²) >= 11 is 0. The lowest BCUT2D eigenvalue weighted by molar-refractivity contribution is 0.306. The second-order valence-corrected chi connectivity index (χ2v) is 3.70. The zero-order valence-electron chi connectivity index (χ0n) is 8.47. The van der Waals surface area contributed by atoms with Crippen molar-refractivity contribution in [2.75, 3.05) is 6.61 Å². The van der Waals surface area contributed by atoms with Crippen LogP contribution >= 0.6 is 0 Å². The Bertz CT molecular complexity index is 509. The van der Waals surface area contributed by atoms with Gasteiger partial charge in [0, 0.05) is 0 Å². The van der Waals surface area contributed by atoms with E-state index in [-0.39, 0.29) is 0 Å². The number of hydrogen-bond acceptors (Lipinski definition) is 3. The highest BCUT2D eigenvalue weighted by molar-refractivity contribution is 6.32. The van der Waals surface area contributed by atoms with E-state index in [1.807, 2.05) is 16.7 Å². The summed E-state index contributed by atoms with van der Waals surface area (Å²) in [6.45, 7) is 1.47. The fourth-order valence-corrected chi connectivity index (χ4v) is 1.83. The van der Waals surface area contributed by atoms with Crippen LogP contribution in [-0.2, 0) is 6.54 Å². The molecule has 1 aromatic carbocycles. The van der Waals surface area contributed by atoms with Crippen molar-refractivity contribution in [1.29, 1.82) is 0 Å². The van der Waals surface area contributed by atoms with Gasteiger partial charge in [0.1, 0.15) is 26.5 Å². The molecule has 2 heterocycles. The van der Waals surface area contributed by atoms with Crippen molar-refractivity contribution >= 4 is 13.3 Å². The minimum Gasteiger partial charge on any atom is -0.491 e. The maximum absolute atomic E-state index is 5.66. The Morgan fingerprint density at radius 1 is 1.40 bits per heavy atom. The summed E-state index contributed by atoms with van der Waals surface area (Å²) in [5, 5.41) is 8.06. The van der Waals surface area contributed by atoms with Gasteiger partial charge in [0.15, 0.2) is 5.82 Å². The van der Waals surface area contributed by atoms with Gasteiger partial charge in [-0.05, 0) is 6.07 Å². The van der Waals surface area contributed by atoms with Gasteiger partial charge in [-0.2, -0.15) is 0 Å². The summed E-state index contributed by atoms with van der Waals surface area (Å²) < 4.78 is 7.67. The Kier molecular flexibility index (Phi) is 1.77. The third-order valence-corrected chi connectivity index (χ3v) is 2.58. The van der Waals surface area contributed by atoms with Crippen LogP contribution in [0.4, 0.5) is 0 Å². The highest BCUT2D eigenvalue weighted by Gasteiger charge is 2.16. The molecule has 0 fully saturated rings. The van der Waals surface area contributed by atoms with E-state index >= 15 is 0 Å². The Labute approximate surface area is 88.3 Å². The SMILES string of the molecule is Bc1ccc2c(c1)-c1nncn1CCO2. The van der Waals surface area contributed by atoms with E-state index in [1.54, 1.807) is 6.33 Å². The summed E-state index contributed by atoms with van der Waals surface area (Å²) in [6.07, 6.45) is 1.75. The van der Waals surface area contributed by atoms with Crippen LogP contribution in [0.15, 0.2) is 24.5 Å². The van der Waals surface area contributed by atoms with Crippen LogP contribution in [0.25, 0.3) is 11.4 Å². The summed E-state index contributed by atoms with van der Waals surface area (Å²) in [5.41, 5.74) is 2.24. The van der Waals surface area contributed by atoms with Crippen LogP contribution in [0.2, 0.25) is 0 Å². The van der Waals surface area contributed by atoms with Crippen LogP contribution in [0.5, 0.6) is 5.75 Å². The van der Waals surface area contributed by atoms with Crippen LogP contribution in [0.3, 0.4) is 0 Å². The molecule has 74 valence electrons. The second-order valence-electron chi connectivity index (χ2n) is 3.70. The molecule has 1 aliphatic heterocycles. The Hall–Kier alpha value is -1.78. The van der Waals surface area contributed by atoms with Gasteiger partial charge in [-0.1, -0.05) is 17.6 Å². The minimum atomic E-state index is 0.668. The van der Waals surface area contributed by atoms with Crippen LogP contribution in [-0.4, -0.2) is 29.2 Å². The fraction of sp³-hybridized carbons (Fsp3) is 0.200. The number of nitrogens with zero attached hydrogens (tertiary/aromatic N) is 3. The number of hydrogen-bond donors (Lipinski definition) is 0. The lowest BCUT2D eigenvalue weighted by Crippen LogP contribution is -2.04.